The Kier molecular flexibility index (Phi) is 2.47. The van der Waals surface area contributed by atoms with E-state index in [1.165, 1.54) is 5.57 Å². The van der Waals surface area contributed by atoms with Gasteiger partial charge in [0, 0.05) is 23.8 Å². The van der Waals surface area contributed by atoms with Crippen molar-refractivity contribution >= 4 is 11.8 Å². The van der Waals surface area contributed by atoms with Crippen molar-refractivity contribution in [3.8, 4) is 0 Å². The lowest BCUT2D eigenvalue weighted by atomic mass is 9.81. The number of carbonyl (C=O) groups excluding carboxylic acids is 2. The van der Waals surface area contributed by atoms with E-state index in [1.807, 2.05) is 13.8 Å². The molecule has 0 N–H and O–H groups in total. The van der Waals surface area contributed by atoms with Crippen molar-refractivity contribution in [3.63, 3.8) is 0 Å². The summed E-state index contributed by atoms with van der Waals surface area (Å²) in [5, 5.41) is 0. The highest BCUT2D eigenvalue weighted by Crippen LogP contribution is 2.48. The summed E-state index contributed by atoms with van der Waals surface area (Å²) < 4.78 is 5.55. The second-order valence-electron chi connectivity index (χ2n) is 5.82. The maximum absolute atomic E-state index is 12.1. The van der Waals surface area contributed by atoms with Gasteiger partial charge >= 0.3 is 5.97 Å². The van der Waals surface area contributed by atoms with Gasteiger partial charge in [0.2, 0.25) is 0 Å². The van der Waals surface area contributed by atoms with Gasteiger partial charge in [-0.2, -0.15) is 0 Å². The van der Waals surface area contributed by atoms with Crippen molar-refractivity contribution < 1.29 is 14.3 Å². The third-order valence-electron chi connectivity index (χ3n) is 4.77. The number of esters is 1. The molecule has 1 saturated carbocycles. The van der Waals surface area contributed by atoms with Gasteiger partial charge in [-0.1, -0.05) is 24.6 Å². The first-order valence-electron chi connectivity index (χ1n) is 6.61. The third kappa shape index (κ3) is 1.43. The first kappa shape index (κ1) is 11.7. The van der Waals surface area contributed by atoms with Crippen LogP contribution in [0.25, 0.3) is 0 Å². The van der Waals surface area contributed by atoms with Crippen LogP contribution < -0.4 is 0 Å². The van der Waals surface area contributed by atoms with Crippen LogP contribution in [0.1, 0.15) is 33.1 Å². The molecule has 0 amide bonds. The van der Waals surface area contributed by atoms with E-state index < -0.39 is 0 Å². The lowest BCUT2D eigenvalue weighted by Crippen LogP contribution is -2.27. The van der Waals surface area contributed by atoms with Crippen molar-refractivity contribution in [1.82, 2.24) is 0 Å². The number of fused-ring (bicyclic) bond motifs is 3. The number of carbonyl (C=O) groups is 2. The zero-order chi connectivity index (χ0) is 13.0. The molecule has 0 aromatic rings. The van der Waals surface area contributed by atoms with Crippen LogP contribution in [0.3, 0.4) is 0 Å². The van der Waals surface area contributed by atoms with Crippen LogP contribution in [-0.2, 0) is 14.3 Å². The van der Waals surface area contributed by atoms with Gasteiger partial charge in [0.25, 0.3) is 0 Å². The fourth-order valence-electron chi connectivity index (χ4n) is 3.72. The second kappa shape index (κ2) is 3.81. The molecule has 0 aromatic carbocycles. The van der Waals surface area contributed by atoms with Gasteiger partial charge in [-0.05, 0) is 19.8 Å². The number of ether oxygens (including phenoxy) is 1. The molecule has 0 radical (unpaired) electrons. The summed E-state index contributed by atoms with van der Waals surface area (Å²) in [4.78, 5) is 23.8. The molecule has 1 heterocycles. The van der Waals surface area contributed by atoms with E-state index in [2.05, 4.69) is 6.58 Å². The largest absolute Gasteiger partial charge is 0.461 e. The molecule has 0 spiro atoms. The van der Waals surface area contributed by atoms with E-state index in [0.717, 1.165) is 24.0 Å². The quantitative estimate of drug-likeness (QED) is 0.487. The first-order valence-corrected chi connectivity index (χ1v) is 6.61. The molecule has 1 aliphatic heterocycles. The lowest BCUT2D eigenvalue weighted by molar-refractivity contribution is -0.144. The highest BCUT2D eigenvalue weighted by Gasteiger charge is 2.51. The van der Waals surface area contributed by atoms with Gasteiger partial charge in [0.05, 0.1) is 5.92 Å². The van der Waals surface area contributed by atoms with Gasteiger partial charge in [-0.25, -0.2) is 0 Å². The van der Waals surface area contributed by atoms with Crippen LogP contribution in [0.15, 0.2) is 23.3 Å². The van der Waals surface area contributed by atoms with Crippen molar-refractivity contribution in [2.75, 3.05) is 0 Å². The molecule has 2 fully saturated rings. The molecule has 1 saturated heterocycles. The predicted molar refractivity (Wildman–Crippen MR) is 66.7 cm³/mol. The van der Waals surface area contributed by atoms with Gasteiger partial charge < -0.3 is 4.74 Å². The summed E-state index contributed by atoms with van der Waals surface area (Å²) in [6, 6.07) is 0. The number of rotatable bonds is 0. The Morgan fingerprint density at radius 1 is 1.33 bits per heavy atom. The van der Waals surface area contributed by atoms with Crippen LogP contribution >= 0.6 is 0 Å². The standard InChI is InChI=1S/C15H18O3/c1-7-4-5-10-9(3)15(17)18-14(10)13-8(2)6-11(16)12(7)13/h9-10,13-14H,2,4-6H2,1,3H3/t9?,10-,13-,14-/m0/s1. The van der Waals surface area contributed by atoms with Crippen LogP contribution in [0.5, 0.6) is 0 Å². The SMILES string of the molecule is C=C1CC(=O)C2=C(C)CC[C@H]3C(C)C(=O)O[C@@H]3[C@@H]12. The van der Waals surface area contributed by atoms with Gasteiger partial charge in [0.15, 0.2) is 5.78 Å². The Labute approximate surface area is 107 Å². The maximum atomic E-state index is 12.1. The van der Waals surface area contributed by atoms with Crippen molar-refractivity contribution in [2.45, 2.75) is 39.2 Å². The van der Waals surface area contributed by atoms with E-state index in [-0.39, 0.29) is 35.6 Å². The molecular weight excluding hydrogens is 228 g/mol. The molecule has 0 aromatic heterocycles. The molecule has 1 unspecified atom stereocenters. The molecule has 3 heteroatoms. The van der Waals surface area contributed by atoms with Crippen molar-refractivity contribution in [2.24, 2.45) is 17.8 Å². The average molecular weight is 246 g/mol. The fourth-order valence-corrected chi connectivity index (χ4v) is 3.72. The topological polar surface area (TPSA) is 43.4 Å². The lowest BCUT2D eigenvalue weighted by Gasteiger charge is -2.23. The van der Waals surface area contributed by atoms with Crippen LogP contribution in [-0.4, -0.2) is 17.9 Å². The number of ketones is 1. The first-order chi connectivity index (χ1) is 8.50. The molecule has 3 aliphatic rings. The molecule has 3 nitrogen and oxygen atoms in total. The molecular formula is C15H18O3. The van der Waals surface area contributed by atoms with E-state index >= 15 is 0 Å². The van der Waals surface area contributed by atoms with Crippen LogP contribution in [0.2, 0.25) is 0 Å². The van der Waals surface area contributed by atoms with E-state index in [1.54, 1.807) is 0 Å². The molecule has 96 valence electrons. The Morgan fingerprint density at radius 2 is 2.06 bits per heavy atom. The zero-order valence-electron chi connectivity index (χ0n) is 10.9. The normalized spacial score (nSPS) is 39.6. The summed E-state index contributed by atoms with van der Waals surface area (Å²) in [5.41, 5.74) is 2.98. The third-order valence-corrected chi connectivity index (χ3v) is 4.77. The number of allylic oxidation sites excluding steroid dienone is 1. The Hall–Kier alpha value is -1.38. The Bertz CT molecular complexity index is 486. The monoisotopic (exact) mass is 246 g/mol. The smallest absolute Gasteiger partial charge is 0.309 e. The number of hydrogen-bond acceptors (Lipinski definition) is 3. The summed E-state index contributed by atoms with van der Waals surface area (Å²) in [6.07, 6.45) is 2.10. The van der Waals surface area contributed by atoms with Gasteiger partial charge in [-0.3, -0.25) is 9.59 Å². The minimum atomic E-state index is -0.154. The Balaban J connectivity index is 2.07. The highest BCUT2D eigenvalue weighted by molar-refractivity contribution is 6.02. The molecule has 2 aliphatic carbocycles. The van der Waals surface area contributed by atoms with Gasteiger partial charge in [-0.15, -0.1) is 0 Å². The fraction of sp³-hybridized carbons (Fsp3) is 0.600. The van der Waals surface area contributed by atoms with E-state index in [0.29, 0.717) is 6.42 Å². The summed E-state index contributed by atoms with van der Waals surface area (Å²) in [5.74, 6) is 0.206. The van der Waals surface area contributed by atoms with E-state index in [9.17, 15) is 9.59 Å². The van der Waals surface area contributed by atoms with Crippen LogP contribution in [0, 0.1) is 17.8 Å². The summed E-state index contributed by atoms with van der Waals surface area (Å²) in [6.45, 7) is 8.00. The molecule has 3 rings (SSSR count). The number of Topliss-reactive ketones (excluding diaryl/α,β-unsaturated/α-hetero) is 1. The highest BCUT2D eigenvalue weighted by atomic mass is 16.6. The molecule has 4 atom stereocenters. The minimum Gasteiger partial charge on any atom is -0.461 e. The van der Waals surface area contributed by atoms with Gasteiger partial charge in [0.1, 0.15) is 6.10 Å². The minimum absolute atomic E-state index is 0.0427. The maximum Gasteiger partial charge on any atom is 0.309 e. The molecule has 18 heavy (non-hydrogen) atoms. The van der Waals surface area contributed by atoms with Crippen molar-refractivity contribution in [3.05, 3.63) is 23.3 Å². The zero-order valence-corrected chi connectivity index (χ0v) is 10.9. The van der Waals surface area contributed by atoms with E-state index in [4.69, 9.17) is 4.74 Å². The summed E-state index contributed by atoms with van der Waals surface area (Å²) in [7, 11) is 0. The molecule has 0 bridgehead atoms. The predicted octanol–water partition coefficient (Wildman–Crippen LogP) is 2.42. The van der Waals surface area contributed by atoms with Crippen molar-refractivity contribution in [1.29, 1.82) is 0 Å². The average Bonchev–Trinajstić information content (AvgIpc) is 2.68. The Morgan fingerprint density at radius 3 is 2.78 bits per heavy atom. The summed E-state index contributed by atoms with van der Waals surface area (Å²) >= 11 is 0. The number of hydrogen-bond donors (Lipinski definition) is 0. The second-order valence-corrected chi connectivity index (χ2v) is 5.82. The van der Waals surface area contributed by atoms with Crippen LogP contribution in [0.4, 0.5) is 0 Å².